The molecule has 0 spiro atoms. The molecule has 0 atom stereocenters. The summed E-state index contributed by atoms with van der Waals surface area (Å²) < 4.78 is 10.6. The SMILES string of the molecule is COc1ccc(NC(=O)COc2cc(C)c(Cl)c(C)c2)cc1Cl. The Hall–Kier alpha value is -1.91. The van der Waals surface area contributed by atoms with Crippen LogP contribution in [0.1, 0.15) is 11.1 Å². The van der Waals surface area contributed by atoms with Crippen LogP contribution < -0.4 is 14.8 Å². The molecule has 0 aliphatic heterocycles. The van der Waals surface area contributed by atoms with Gasteiger partial charge in [0.2, 0.25) is 0 Å². The van der Waals surface area contributed by atoms with Crippen molar-refractivity contribution in [3.8, 4) is 11.5 Å². The fraction of sp³-hybridized carbons (Fsp3) is 0.235. The van der Waals surface area contributed by atoms with Gasteiger partial charge in [-0.15, -0.1) is 0 Å². The molecule has 1 N–H and O–H groups in total. The van der Waals surface area contributed by atoms with Crippen LogP contribution in [0, 0.1) is 13.8 Å². The van der Waals surface area contributed by atoms with Crippen molar-refractivity contribution in [1.29, 1.82) is 0 Å². The number of anilines is 1. The van der Waals surface area contributed by atoms with Crippen molar-refractivity contribution in [3.05, 3.63) is 51.5 Å². The van der Waals surface area contributed by atoms with Crippen LogP contribution in [0.3, 0.4) is 0 Å². The average molecular weight is 354 g/mol. The molecule has 0 fully saturated rings. The van der Waals surface area contributed by atoms with E-state index in [2.05, 4.69) is 5.32 Å². The summed E-state index contributed by atoms with van der Waals surface area (Å²) in [6.45, 7) is 3.67. The summed E-state index contributed by atoms with van der Waals surface area (Å²) >= 11 is 12.1. The van der Waals surface area contributed by atoms with Crippen LogP contribution >= 0.6 is 23.2 Å². The first kappa shape index (κ1) is 17.4. The maximum Gasteiger partial charge on any atom is 0.262 e. The van der Waals surface area contributed by atoms with Crippen LogP contribution in [0.25, 0.3) is 0 Å². The summed E-state index contributed by atoms with van der Waals surface area (Å²) in [4.78, 5) is 12.0. The molecule has 0 aromatic heterocycles. The zero-order valence-corrected chi connectivity index (χ0v) is 14.6. The molecular weight excluding hydrogens is 337 g/mol. The topological polar surface area (TPSA) is 47.6 Å². The van der Waals surface area contributed by atoms with Crippen molar-refractivity contribution in [2.45, 2.75) is 13.8 Å². The number of carbonyl (C=O) groups excluding carboxylic acids is 1. The number of methoxy groups -OCH3 is 1. The molecule has 0 saturated heterocycles. The Labute approximate surface area is 145 Å². The number of rotatable bonds is 5. The van der Waals surface area contributed by atoms with Gasteiger partial charge in [0.15, 0.2) is 6.61 Å². The Balaban J connectivity index is 1.96. The average Bonchev–Trinajstić information content (AvgIpc) is 2.50. The fourth-order valence-electron chi connectivity index (χ4n) is 2.08. The third-order valence-electron chi connectivity index (χ3n) is 3.22. The predicted molar refractivity (Wildman–Crippen MR) is 93.1 cm³/mol. The molecule has 23 heavy (non-hydrogen) atoms. The van der Waals surface area contributed by atoms with Crippen molar-refractivity contribution < 1.29 is 14.3 Å². The first-order chi connectivity index (χ1) is 10.9. The minimum absolute atomic E-state index is 0.107. The van der Waals surface area contributed by atoms with Gasteiger partial charge in [0, 0.05) is 10.7 Å². The monoisotopic (exact) mass is 353 g/mol. The van der Waals surface area contributed by atoms with Gasteiger partial charge in [0.05, 0.1) is 12.1 Å². The maximum atomic E-state index is 12.0. The van der Waals surface area contributed by atoms with Crippen LogP contribution in [0.15, 0.2) is 30.3 Å². The second-order valence-corrected chi connectivity index (χ2v) is 5.84. The fourth-order valence-corrected chi connectivity index (χ4v) is 2.45. The van der Waals surface area contributed by atoms with Gasteiger partial charge < -0.3 is 14.8 Å². The van der Waals surface area contributed by atoms with Gasteiger partial charge in [-0.1, -0.05) is 23.2 Å². The normalized spacial score (nSPS) is 10.3. The Morgan fingerprint density at radius 3 is 2.35 bits per heavy atom. The smallest absolute Gasteiger partial charge is 0.262 e. The summed E-state index contributed by atoms with van der Waals surface area (Å²) in [5, 5.41) is 3.84. The van der Waals surface area contributed by atoms with Crippen LogP contribution in [0.5, 0.6) is 11.5 Å². The molecule has 2 aromatic carbocycles. The van der Waals surface area contributed by atoms with Crippen LogP contribution in [0.4, 0.5) is 5.69 Å². The van der Waals surface area contributed by atoms with Gasteiger partial charge in [-0.2, -0.15) is 0 Å². The van der Waals surface area contributed by atoms with E-state index in [0.717, 1.165) is 11.1 Å². The number of benzene rings is 2. The van der Waals surface area contributed by atoms with E-state index in [1.165, 1.54) is 7.11 Å². The Bertz CT molecular complexity index is 709. The zero-order chi connectivity index (χ0) is 17.0. The van der Waals surface area contributed by atoms with E-state index in [1.807, 2.05) is 13.8 Å². The van der Waals surface area contributed by atoms with E-state index in [-0.39, 0.29) is 12.5 Å². The third kappa shape index (κ3) is 4.53. The number of aryl methyl sites for hydroxylation is 2. The van der Waals surface area contributed by atoms with Crippen molar-refractivity contribution in [1.82, 2.24) is 0 Å². The molecule has 2 rings (SSSR count). The quantitative estimate of drug-likeness (QED) is 0.851. The van der Waals surface area contributed by atoms with Gasteiger partial charge in [-0.3, -0.25) is 4.79 Å². The van der Waals surface area contributed by atoms with Crippen molar-refractivity contribution in [2.24, 2.45) is 0 Å². The standard InChI is InChI=1S/C17H17Cl2NO3/c1-10-6-13(7-11(2)17(10)19)23-9-16(21)20-12-4-5-15(22-3)14(18)8-12/h4-8H,9H2,1-3H3,(H,20,21). The lowest BCUT2D eigenvalue weighted by molar-refractivity contribution is -0.118. The van der Waals surface area contributed by atoms with Gasteiger partial charge >= 0.3 is 0 Å². The van der Waals surface area contributed by atoms with E-state index in [9.17, 15) is 4.79 Å². The van der Waals surface area contributed by atoms with Gasteiger partial charge in [-0.05, 0) is 55.3 Å². The molecule has 2 aromatic rings. The van der Waals surface area contributed by atoms with Gasteiger partial charge in [-0.25, -0.2) is 0 Å². The highest BCUT2D eigenvalue weighted by Crippen LogP contribution is 2.27. The van der Waals surface area contributed by atoms with Crippen LogP contribution in [-0.2, 0) is 4.79 Å². The highest BCUT2D eigenvalue weighted by atomic mass is 35.5. The van der Waals surface area contributed by atoms with Gasteiger partial charge in [0.1, 0.15) is 11.5 Å². The molecule has 1 amide bonds. The lowest BCUT2D eigenvalue weighted by Gasteiger charge is -2.11. The molecule has 122 valence electrons. The number of nitrogens with one attached hydrogen (secondary N) is 1. The largest absolute Gasteiger partial charge is 0.495 e. The van der Waals surface area contributed by atoms with Crippen molar-refractivity contribution in [2.75, 3.05) is 19.0 Å². The Kier molecular flexibility index (Phi) is 5.74. The molecule has 6 heteroatoms. The van der Waals surface area contributed by atoms with E-state index < -0.39 is 0 Å². The Morgan fingerprint density at radius 1 is 1.13 bits per heavy atom. The van der Waals surface area contributed by atoms with E-state index in [0.29, 0.717) is 27.2 Å². The minimum Gasteiger partial charge on any atom is -0.495 e. The van der Waals surface area contributed by atoms with E-state index in [4.69, 9.17) is 32.7 Å². The number of halogens is 2. The van der Waals surface area contributed by atoms with E-state index >= 15 is 0 Å². The predicted octanol–water partition coefficient (Wildman–Crippen LogP) is 4.64. The lowest BCUT2D eigenvalue weighted by Crippen LogP contribution is -2.20. The number of carbonyl (C=O) groups is 1. The summed E-state index contributed by atoms with van der Waals surface area (Å²) in [7, 11) is 1.53. The molecule has 0 aliphatic rings. The molecule has 0 radical (unpaired) electrons. The summed E-state index contributed by atoms with van der Waals surface area (Å²) in [5.41, 5.74) is 2.39. The highest BCUT2D eigenvalue weighted by Gasteiger charge is 2.08. The third-order valence-corrected chi connectivity index (χ3v) is 4.11. The zero-order valence-electron chi connectivity index (χ0n) is 13.1. The number of amides is 1. The summed E-state index contributed by atoms with van der Waals surface area (Å²) in [5.74, 6) is 0.872. The number of ether oxygens (including phenoxy) is 2. The molecule has 0 saturated carbocycles. The maximum absolute atomic E-state index is 12.0. The van der Waals surface area contributed by atoms with Crippen LogP contribution in [-0.4, -0.2) is 19.6 Å². The minimum atomic E-state index is -0.281. The molecular formula is C17H17Cl2NO3. The highest BCUT2D eigenvalue weighted by molar-refractivity contribution is 6.32. The first-order valence-corrected chi connectivity index (χ1v) is 7.69. The van der Waals surface area contributed by atoms with E-state index in [1.54, 1.807) is 30.3 Å². The van der Waals surface area contributed by atoms with Gasteiger partial charge in [0.25, 0.3) is 5.91 Å². The number of hydrogen-bond acceptors (Lipinski definition) is 3. The Morgan fingerprint density at radius 2 is 1.78 bits per heavy atom. The summed E-state index contributed by atoms with van der Waals surface area (Å²) in [6, 6.07) is 8.61. The number of hydrogen-bond donors (Lipinski definition) is 1. The second-order valence-electron chi connectivity index (χ2n) is 5.06. The molecule has 0 aliphatic carbocycles. The first-order valence-electron chi connectivity index (χ1n) is 6.93. The second kappa shape index (κ2) is 7.57. The summed E-state index contributed by atoms with van der Waals surface area (Å²) in [6.07, 6.45) is 0. The lowest BCUT2D eigenvalue weighted by atomic mass is 10.1. The molecule has 4 nitrogen and oxygen atoms in total. The van der Waals surface area contributed by atoms with Crippen molar-refractivity contribution >= 4 is 34.8 Å². The van der Waals surface area contributed by atoms with Crippen LogP contribution in [0.2, 0.25) is 10.0 Å². The van der Waals surface area contributed by atoms with Crippen molar-refractivity contribution in [3.63, 3.8) is 0 Å². The molecule has 0 unspecified atom stereocenters. The molecule has 0 bridgehead atoms. The molecule has 0 heterocycles.